The molecular weight excluding hydrogens is 300 g/mol. The van der Waals surface area contributed by atoms with Crippen molar-refractivity contribution in [1.29, 1.82) is 0 Å². The number of amides is 2. The molecule has 24 heavy (non-hydrogen) atoms. The van der Waals surface area contributed by atoms with Crippen molar-refractivity contribution in [2.24, 2.45) is 0 Å². The molecule has 0 bridgehead atoms. The minimum atomic E-state index is -0.202. The maximum Gasteiger partial charge on any atom is 0.319 e. The predicted molar refractivity (Wildman–Crippen MR) is 95.4 cm³/mol. The highest BCUT2D eigenvalue weighted by molar-refractivity contribution is 5.93. The van der Waals surface area contributed by atoms with E-state index < -0.39 is 0 Å². The number of carbonyl (C=O) groups is 1. The molecule has 3 aromatic rings. The summed E-state index contributed by atoms with van der Waals surface area (Å²) in [6.45, 7) is 0.609. The third kappa shape index (κ3) is 2.91. The van der Waals surface area contributed by atoms with Gasteiger partial charge in [0.25, 0.3) is 0 Å². The Hall–Kier alpha value is -3.01. The zero-order valence-electron chi connectivity index (χ0n) is 13.2. The number of ether oxygens (including phenoxy) is 1. The number of hydrogen-bond donors (Lipinski definition) is 2. The second kappa shape index (κ2) is 6.24. The van der Waals surface area contributed by atoms with Crippen LogP contribution < -0.4 is 15.4 Å². The number of rotatable bonds is 2. The van der Waals surface area contributed by atoms with Crippen molar-refractivity contribution in [2.75, 3.05) is 11.9 Å². The molecule has 2 N–H and O–H groups in total. The van der Waals surface area contributed by atoms with Crippen LogP contribution in [0.4, 0.5) is 10.5 Å². The molecule has 4 heteroatoms. The van der Waals surface area contributed by atoms with Crippen LogP contribution in [-0.4, -0.2) is 12.6 Å². The first kappa shape index (κ1) is 14.6. The molecule has 4 rings (SSSR count). The molecule has 0 aromatic heterocycles. The quantitative estimate of drug-likeness (QED) is 0.731. The lowest BCUT2D eigenvalue weighted by Crippen LogP contribution is -2.35. The summed E-state index contributed by atoms with van der Waals surface area (Å²) in [6.07, 6.45) is 0.766. The SMILES string of the molecule is O=C(Nc1ccc2ccccc2c1)NC1CCOc2ccccc21. The van der Waals surface area contributed by atoms with Gasteiger partial charge in [-0.1, -0.05) is 48.5 Å². The number of urea groups is 1. The molecule has 1 aliphatic heterocycles. The first-order valence-electron chi connectivity index (χ1n) is 8.08. The van der Waals surface area contributed by atoms with Crippen molar-refractivity contribution in [2.45, 2.75) is 12.5 Å². The lowest BCUT2D eigenvalue weighted by molar-refractivity contribution is 0.232. The van der Waals surface area contributed by atoms with E-state index in [1.54, 1.807) is 0 Å². The van der Waals surface area contributed by atoms with E-state index >= 15 is 0 Å². The number of hydrogen-bond acceptors (Lipinski definition) is 2. The van der Waals surface area contributed by atoms with Gasteiger partial charge in [0.05, 0.1) is 12.6 Å². The third-order valence-electron chi connectivity index (χ3n) is 4.27. The number of carbonyl (C=O) groups excluding carboxylic acids is 1. The molecule has 120 valence electrons. The van der Waals surface area contributed by atoms with Gasteiger partial charge >= 0.3 is 6.03 Å². The van der Waals surface area contributed by atoms with E-state index in [2.05, 4.69) is 16.7 Å². The van der Waals surface area contributed by atoms with Gasteiger partial charge in [-0.05, 0) is 29.0 Å². The largest absolute Gasteiger partial charge is 0.493 e. The lowest BCUT2D eigenvalue weighted by Gasteiger charge is -2.26. The molecule has 0 fully saturated rings. The summed E-state index contributed by atoms with van der Waals surface area (Å²) in [6, 6.07) is 21.6. The average Bonchev–Trinajstić information content (AvgIpc) is 2.62. The fraction of sp³-hybridized carbons (Fsp3) is 0.150. The van der Waals surface area contributed by atoms with E-state index in [0.717, 1.165) is 34.2 Å². The summed E-state index contributed by atoms with van der Waals surface area (Å²) in [7, 11) is 0. The normalized spacial score (nSPS) is 16.1. The van der Waals surface area contributed by atoms with Crippen LogP contribution in [0, 0.1) is 0 Å². The highest BCUT2D eigenvalue weighted by Gasteiger charge is 2.22. The van der Waals surface area contributed by atoms with Crippen LogP contribution in [0.1, 0.15) is 18.0 Å². The smallest absolute Gasteiger partial charge is 0.319 e. The Morgan fingerprint density at radius 2 is 1.75 bits per heavy atom. The fourth-order valence-electron chi connectivity index (χ4n) is 3.08. The zero-order valence-corrected chi connectivity index (χ0v) is 13.2. The van der Waals surface area contributed by atoms with Crippen LogP contribution in [0.25, 0.3) is 10.8 Å². The monoisotopic (exact) mass is 318 g/mol. The fourth-order valence-corrected chi connectivity index (χ4v) is 3.08. The van der Waals surface area contributed by atoms with E-state index in [1.165, 1.54) is 0 Å². The maximum absolute atomic E-state index is 12.4. The molecule has 0 saturated carbocycles. The molecule has 3 aromatic carbocycles. The molecule has 1 heterocycles. The zero-order chi connectivity index (χ0) is 16.4. The topological polar surface area (TPSA) is 50.4 Å². The lowest BCUT2D eigenvalue weighted by atomic mass is 10.0. The van der Waals surface area contributed by atoms with Gasteiger partial charge < -0.3 is 15.4 Å². The molecule has 2 amide bonds. The van der Waals surface area contributed by atoms with Crippen molar-refractivity contribution in [3.8, 4) is 5.75 Å². The van der Waals surface area contributed by atoms with Gasteiger partial charge in [0.2, 0.25) is 0 Å². The second-order valence-corrected chi connectivity index (χ2v) is 5.89. The van der Waals surface area contributed by atoms with E-state index in [0.29, 0.717) is 6.61 Å². The number of fused-ring (bicyclic) bond motifs is 2. The van der Waals surface area contributed by atoms with Crippen LogP contribution >= 0.6 is 0 Å². The summed E-state index contributed by atoms with van der Waals surface area (Å²) >= 11 is 0. The van der Waals surface area contributed by atoms with E-state index in [1.807, 2.05) is 60.7 Å². The Kier molecular flexibility index (Phi) is 3.79. The van der Waals surface area contributed by atoms with Crippen molar-refractivity contribution >= 4 is 22.5 Å². The first-order chi connectivity index (χ1) is 11.8. The van der Waals surface area contributed by atoms with Crippen LogP contribution in [-0.2, 0) is 0 Å². The average molecular weight is 318 g/mol. The van der Waals surface area contributed by atoms with Gasteiger partial charge in [0.1, 0.15) is 5.75 Å². The van der Waals surface area contributed by atoms with Crippen molar-refractivity contribution in [1.82, 2.24) is 5.32 Å². The number of nitrogens with one attached hydrogen (secondary N) is 2. The molecular formula is C20H18N2O2. The molecule has 0 radical (unpaired) electrons. The number of benzene rings is 3. The van der Waals surface area contributed by atoms with Crippen molar-refractivity contribution in [3.63, 3.8) is 0 Å². The summed E-state index contributed by atoms with van der Waals surface area (Å²) in [5.41, 5.74) is 1.81. The van der Waals surface area contributed by atoms with Gasteiger partial charge in [-0.25, -0.2) is 4.79 Å². The number of anilines is 1. The first-order valence-corrected chi connectivity index (χ1v) is 8.08. The third-order valence-corrected chi connectivity index (χ3v) is 4.27. The summed E-state index contributed by atoms with van der Waals surface area (Å²) in [5, 5.41) is 8.22. The summed E-state index contributed by atoms with van der Waals surface area (Å²) in [5.74, 6) is 0.847. The molecule has 1 atom stereocenters. The summed E-state index contributed by atoms with van der Waals surface area (Å²) < 4.78 is 5.63. The molecule has 0 spiro atoms. The highest BCUT2D eigenvalue weighted by Crippen LogP contribution is 2.31. The van der Waals surface area contributed by atoms with Gasteiger partial charge in [0.15, 0.2) is 0 Å². The summed E-state index contributed by atoms with van der Waals surface area (Å²) in [4.78, 5) is 12.4. The Morgan fingerprint density at radius 1 is 0.958 bits per heavy atom. The molecule has 1 aliphatic rings. The molecule has 0 aliphatic carbocycles. The van der Waals surface area contributed by atoms with Gasteiger partial charge in [-0.2, -0.15) is 0 Å². The molecule has 1 unspecified atom stereocenters. The van der Waals surface area contributed by atoms with Crippen LogP contribution in [0.15, 0.2) is 66.7 Å². The van der Waals surface area contributed by atoms with Crippen LogP contribution in [0.3, 0.4) is 0 Å². The van der Waals surface area contributed by atoms with Gasteiger partial charge in [0, 0.05) is 17.7 Å². The standard InChI is InChI=1S/C20H18N2O2/c23-20(21-16-10-9-14-5-1-2-6-15(14)13-16)22-18-11-12-24-19-8-4-3-7-17(18)19/h1-10,13,18H,11-12H2,(H2,21,22,23). The minimum Gasteiger partial charge on any atom is -0.493 e. The van der Waals surface area contributed by atoms with E-state index in [9.17, 15) is 4.79 Å². The van der Waals surface area contributed by atoms with Crippen molar-refractivity contribution < 1.29 is 9.53 Å². The van der Waals surface area contributed by atoms with E-state index in [4.69, 9.17) is 4.74 Å². The van der Waals surface area contributed by atoms with E-state index in [-0.39, 0.29) is 12.1 Å². The Labute approximate surface area is 140 Å². The molecule has 4 nitrogen and oxygen atoms in total. The van der Waals surface area contributed by atoms with Crippen LogP contribution in [0.5, 0.6) is 5.75 Å². The second-order valence-electron chi connectivity index (χ2n) is 5.89. The van der Waals surface area contributed by atoms with Gasteiger partial charge in [-0.15, -0.1) is 0 Å². The predicted octanol–water partition coefficient (Wildman–Crippen LogP) is 4.49. The highest BCUT2D eigenvalue weighted by atomic mass is 16.5. The number of para-hydroxylation sites is 1. The Balaban J connectivity index is 1.48. The maximum atomic E-state index is 12.4. The van der Waals surface area contributed by atoms with Crippen molar-refractivity contribution in [3.05, 3.63) is 72.3 Å². The molecule has 0 saturated heterocycles. The van der Waals surface area contributed by atoms with Crippen LogP contribution in [0.2, 0.25) is 0 Å². The van der Waals surface area contributed by atoms with Gasteiger partial charge in [-0.3, -0.25) is 0 Å². The Bertz CT molecular complexity index is 891. The minimum absolute atomic E-state index is 0.0320. The Morgan fingerprint density at radius 3 is 2.67 bits per heavy atom.